The molecule has 2 aliphatic heterocycles. The van der Waals surface area contributed by atoms with Gasteiger partial charge in [-0.05, 0) is 62.7 Å². The quantitative estimate of drug-likeness (QED) is 0.748. The van der Waals surface area contributed by atoms with Gasteiger partial charge in [-0.1, -0.05) is 16.5 Å². The number of nitrogens with one attached hydrogen (secondary N) is 1. The zero-order chi connectivity index (χ0) is 20.3. The molecule has 0 unspecified atom stereocenters. The molecule has 0 saturated carbocycles. The van der Waals surface area contributed by atoms with E-state index < -0.39 is 5.60 Å². The fourth-order valence-corrected chi connectivity index (χ4v) is 4.22. The minimum absolute atomic E-state index is 0.271. The Kier molecular flexibility index (Phi) is 5.77. The lowest BCUT2D eigenvalue weighted by Crippen LogP contribution is -2.40. The zero-order valence-corrected chi connectivity index (χ0v) is 17.5. The Labute approximate surface area is 173 Å². The van der Waals surface area contributed by atoms with E-state index in [4.69, 9.17) is 9.57 Å². The number of ether oxygens (including phenoxy) is 1. The van der Waals surface area contributed by atoms with Gasteiger partial charge in [0, 0.05) is 19.4 Å². The van der Waals surface area contributed by atoms with Crippen molar-refractivity contribution in [1.29, 1.82) is 0 Å². The summed E-state index contributed by atoms with van der Waals surface area (Å²) in [7, 11) is 1.62. The summed E-state index contributed by atoms with van der Waals surface area (Å²) < 4.78 is 5.18. The van der Waals surface area contributed by atoms with Crippen LogP contribution in [0.2, 0.25) is 0 Å². The molecule has 1 aromatic heterocycles. The van der Waals surface area contributed by atoms with Gasteiger partial charge in [0.15, 0.2) is 0 Å². The van der Waals surface area contributed by atoms with Gasteiger partial charge < -0.3 is 14.5 Å². The van der Waals surface area contributed by atoms with E-state index in [-0.39, 0.29) is 5.91 Å². The molecule has 1 saturated heterocycles. The number of aromatic nitrogens is 2. The lowest BCUT2D eigenvalue weighted by molar-refractivity contribution is -0.135. The van der Waals surface area contributed by atoms with Crippen molar-refractivity contribution >= 4 is 28.1 Å². The molecule has 0 aliphatic carbocycles. The highest BCUT2D eigenvalue weighted by molar-refractivity contribution is 7.15. The number of hydrogen-bond donors (Lipinski definition) is 1. The number of hydrogen-bond acceptors (Lipinski definition) is 8. The fourth-order valence-electron chi connectivity index (χ4n) is 3.49. The van der Waals surface area contributed by atoms with E-state index in [9.17, 15) is 4.79 Å². The van der Waals surface area contributed by atoms with Crippen LogP contribution in [0.5, 0.6) is 5.75 Å². The van der Waals surface area contributed by atoms with Crippen LogP contribution < -0.4 is 10.1 Å². The molecule has 1 aromatic carbocycles. The summed E-state index contributed by atoms with van der Waals surface area (Å²) >= 11 is 1.42. The Balaban J connectivity index is 1.32. The lowest BCUT2D eigenvalue weighted by atomic mass is 9.95. The number of likely N-dealkylation sites (tertiary alicyclic amines) is 1. The SMILES string of the molecule is COc1ccc(C2=NO[C@@](C)(C(=O)Nc3nnc(CCN4CCCC4)s3)C2)cc1. The second-order valence-corrected chi connectivity index (χ2v) is 8.58. The maximum absolute atomic E-state index is 12.8. The number of nitrogens with zero attached hydrogens (tertiary/aromatic N) is 4. The summed E-state index contributed by atoms with van der Waals surface area (Å²) in [6, 6.07) is 7.53. The Morgan fingerprint density at radius 1 is 1.28 bits per heavy atom. The van der Waals surface area contributed by atoms with Crippen LogP contribution in [0, 0.1) is 0 Å². The number of carbonyl (C=O) groups excluding carboxylic acids is 1. The molecule has 9 heteroatoms. The summed E-state index contributed by atoms with van der Waals surface area (Å²) in [5.41, 5.74) is 0.563. The van der Waals surface area contributed by atoms with Gasteiger partial charge in [0.1, 0.15) is 10.8 Å². The molecule has 154 valence electrons. The van der Waals surface area contributed by atoms with Crippen molar-refractivity contribution in [1.82, 2.24) is 15.1 Å². The van der Waals surface area contributed by atoms with E-state index in [2.05, 4.69) is 25.6 Å². The average Bonchev–Trinajstić information content (AvgIpc) is 3.48. The first-order valence-electron chi connectivity index (χ1n) is 9.81. The Morgan fingerprint density at radius 2 is 2.03 bits per heavy atom. The fraction of sp³-hybridized carbons (Fsp3) is 0.500. The molecule has 0 bridgehead atoms. The third-order valence-electron chi connectivity index (χ3n) is 5.29. The van der Waals surface area contributed by atoms with Crippen LogP contribution in [-0.4, -0.2) is 59.1 Å². The molecule has 1 N–H and O–H groups in total. The van der Waals surface area contributed by atoms with Crippen molar-refractivity contribution in [2.45, 2.75) is 38.2 Å². The van der Waals surface area contributed by atoms with Crippen LogP contribution in [0.3, 0.4) is 0 Å². The number of rotatable bonds is 7. The van der Waals surface area contributed by atoms with Gasteiger partial charge in [0.25, 0.3) is 5.91 Å². The molecular formula is C20H25N5O3S. The lowest BCUT2D eigenvalue weighted by Gasteiger charge is -2.19. The van der Waals surface area contributed by atoms with E-state index >= 15 is 0 Å². The number of anilines is 1. The van der Waals surface area contributed by atoms with Crippen LogP contribution in [0.15, 0.2) is 29.4 Å². The molecule has 4 rings (SSSR count). The van der Waals surface area contributed by atoms with Gasteiger partial charge >= 0.3 is 0 Å². The number of methoxy groups -OCH3 is 1. The van der Waals surface area contributed by atoms with Gasteiger partial charge in [0.05, 0.1) is 12.8 Å². The topological polar surface area (TPSA) is 88.9 Å². The second-order valence-electron chi connectivity index (χ2n) is 7.52. The standard InChI is InChI=1S/C20H25N5O3S/c1-20(13-16(24-28-20)14-5-7-15(27-2)8-6-14)18(26)21-19-23-22-17(29-19)9-12-25-10-3-4-11-25/h5-8H,3-4,9-13H2,1-2H3,(H,21,23,26)/t20-/m1/s1. The molecule has 1 fully saturated rings. The van der Waals surface area contributed by atoms with E-state index in [0.29, 0.717) is 11.6 Å². The van der Waals surface area contributed by atoms with Crippen molar-refractivity contribution in [3.8, 4) is 5.75 Å². The minimum atomic E-state index is -1.07. The monoisotopic (exact) mass is 415 g/mol. The summed E-state index contributed by atoms with van der Waals surface area (Å²) in [5.74, 6) is 0.498. The predicted molar refractivity (Wildman–Crippen MR) is 112 cm³/mol. The van der Waals surface area contributed by atoms with Gasteiger partial charge in [-0.25, -0.2) is 0 Å². The van der Waals surface area contributed by atoms with E-state index in [1.165, 1.54) is 24.2 Å². The summed E-state index contributed by atoms with van der Waals surface area (Å²) in [4.78, 5) is 20.7. The Bertz CT molecular complexity index is 892. The normalized spacial score (nSPS) is 21.7. The average molecular weight is 416 g/mol. The summed E-state index contributed by atoms with van der Waals surface area (Å²) in [6.07, 6.45) is 3.78. The molecule has 1 atom stereocenters. The first kappa shape index (κ1) is 19.8. The van der Waals surface area contributed by atoms with Crippen molar-refractivity contribution in [3.05, 3.63) is 34.8 Å². The molecule has 1 amide bonds. The highest BCUT2D eigenvalue weighted by Gasteiger charge is 2.42. The number of amides is 1. The third kappa shape index (κ3) is 4.56. The highest BCUT2D eigenvalue weighted by Crippen LogP contribution is 2.29. The van der Waals surface area contributed by atoms with Crippen LogP contribution in [0.25, 0.3) is 0 Å². The number of benzene rings is 1. The Morgan fingerprint density at radius 3 is 2.76 bits per heavy atom. The molecular weight excluding hydrogens is 390 g/mol. The third-order valence-corrected chi connectivity index (χ3v) is 6.19. The smallest absolute Gasteiger partial charge is 0.273 e. The minimum Gasteiger partial charge on any atom is -0.497 e. The van der Waals surface area contributed by atoms with Gasteiger partial charge in [-0.15, -0.1) is 10.2 Å². The van der Waals surface area contributed by atoms with Crippen molar-refractivity contribution in [2.75, 3.05) is 32.1 Å². The van der Waals surface area contributed by atoms with Crippen molar-refractivity contribution < 1.29 is 14.4 Å². The molecule has 0 spiro atoms. The predicted octanol–water partition coefficient (Wildman–Crippen LogP) is 2.71. The van der Waals surface area contributed by atoms with Crippen LogP contribution in [0.1, 0.15) is 36.8 Å². The number of carbonyl (C=O) groups is 1. The highest BCUT2D eigenvalue weighted by atomic mass is 32.1. The maximum atomic E-state index is 12.8. The first-order chi connectivity index (χ1) is 14.1. The van der Waals surface area contributed by atoms with E-state index in [1.54, 1.807) is 14.0 Å². The van der Waals surface area contributed by atoms with Crippen LogP contribution >= 0.6 is 11.3 Å². The molecule has 3 heterocycles. The molecule has 8 nitrogen and oxygen atoms in total. The van der Waals surface area contributed by atoms with E-state index in [0.717, 1.165) is 48.1 Å². The first-order valence-corrected chi connectivity index (χ1v) is 10.6. The Hall–Kier alpha value is -2.52. The molecule has 2 aliphatic rings. The van der Waals surface area contributed by atoms with Crippen LogP contribution in [-0.2, 0) is 16.1 Å². The van der Waals surface area contributed by atoms with Gasteiger partial charge in [-0.2, -0.15) is 0 Å². The maximum Gasteiger partial charge on any atom is 0.273 e. The van der Waals surface area contributed by atoms with Gasteiger partial charge in [0.2, 0.25) is 10.7 Å². The number of oxime groups is 1. The molecule has 29 heavy (non-hydrogen) atoms. The van der Waals surface area contributed by atoms with Crippen molar-refractivity contribution in [3.63, 3.8) is 0 Å². The van der Waals surface area contributed by atoms with Crippen LogP contribution in [0.4, 0.5) is 5.13 Å². The van der Waals surface area contributed by atoms with Crippen molar-refractivity contribution in [2.24, 2.45) is 5.16 Å². The molecule has 2 aromatic rings. The van der Waals surface area contributed by atoms with Gasteiger partial charge in [-0.3, -0.25) is 10.1 Å². The zero-order valence-electron chi connectivity index (χ0n) is 16.7. The summed E-state index contributed by atoms with van der Waals surface area (Å²) in [6.45, 7) is 5.05. The summed E-state index contributed by atoms with van der Waals surface area (Å²) in [5, 5.41) is 16.7. The largest absolute Gasteiger partial charge is 0.497 e. The van der Waals surface area contributed by atoms with E-state index in [1.807, 2.05) is 24.3 Å². The molecule has 0 radical (unpaired) electrons. The second kappa shape index (κ2) is 8.46.